The maximum absolute atomic E-state index is 12.9. The first-order valence-electron chi connectivity index (χ1n) is 7.29. The standard InChI is InChI=1S/C16H21FN2O3/c1-19-14(10-22-2)13(7-8-15(19)20)16(21)18-9-11-3-5-12(17)6-4-11/h3-6,13-14H,7-10H2,1-2H3,(H,18,21)/t13-,14-/m1/s1. The third-order valence-electron chi connectivity index (χ3n) is 4.08. The summed E-state index contributed by atoms with van der Waals surface area (Å²) in [5, 5.41) is 2.86. The molecule has 2 rings (SSSR count). The molecular formula is C16H21FN2O3. The molecule has 1 fully saturated rings. The molecule has 1 aromatic carbocycles. The first kappa shape index (κ1) is 16.4. The van der Waals surface area contributed by atoms with Crippen LogP contribution in [0.2, 0.25) is 0 Å². The third-order valence-corrected chi connectivity index (χ3v) is 4.08. The van der Waals surface area contributed by atoms with E-state index in [1.165, 1.54) is 12.1 Å². The Hall–Kier alpha value is -1.95. The molecule has 22 heavy (non-hydrogen) atoms. The van der Waals surface area contributed by atoms with Crippen LogP contribution in [-0.4, -0.2) is 43.5 Å². The Bertz CT molecular complexity index is 533. The number of halogens is 1. The van der Waals surface area contributed by atoms with Gasteiger partial charge in [0.05, 0.1) is 18.6 Å². The van der Waals surface area contributed by atoms with Gasteiger partial charge in [0.1, 0.15) is 5.82 Å². The minimum absolute atomic E-state index is 0.0321. The summed E-state index contributed by atoms with van der Waals surface area (Å²) in [6.45, 7) is 0.670. The molecule has 2 atom stereocenters. The zero-order chi connectivity index (χ0) is 16.1. The SMILES string of the molecule is COC[C@@H]1[C@H](C(=O)NCc2ccc(F)cc2)CCC(=O)N1C. The summed E-state index contributed by atoms with van der Waals surface area (Å²) in [5.74, 6) is -0.666. The largest absolute Gasteiger partial charge is 0.383 e. The molecule has 0 unspecified atom stereocenters. The number of nitrogens with zero attached hydrogens (tertiary/aromatic N) is 1. The fraction of sp³-hybridized carbons (Fsp3) is 0.500. The summed E-state index contributed by atoms with van der Waals surface area (Å²) in [6.07, 6.45) is 0.887. The number of amides is 2. The lowest BCUT2D eigenvalue weighted by Gasteiger charge is -2.37. The van der Waals surface area contributed by atoms with Gasteiger partial charge in [-0.3, -0.25) is 9.59 Å². The smallest absolute Gasteiger partial charge is 0.225 e. The normalized spacial score (nSPS) is 21.8. The highest BCUT2D eigenvalue weighted by Crippen LogP contribution is 2.24. The minimum Gasteiger partial charge on any atom is -0.383 e. The Morgan fingerprint density at radius 1 is 1.41 bits per heavy atom. The third kappa shape index (κ3) is 3.82. The van der Waals surface area contributed by atoms with Crippen LogP contribution in [0.1, 0.15) is 18.4 Å². The number of methoxy groups -OCH3 is 1. The van der Waals surface area contributed by atoms with Crippen molar-refractivity contribution in [3.8, 4) is 0 Å². The van der Waals surface area contributed by atoms with Gasteiger partial charge in [0.25, 0.3) is 0 Å². The molecule has 120 valence electrons. The summed E-state index contributed by atoms with van der Waals surface area (Å²) in [7, 11) is 3.26. The molecule has 1 aliphatic heterocycles. The number of benzene rings is 1. The first-order chi connectivity index (χ1) is 10.5. The molecule has 0 saturated carbocycles. The van der Waals surface area contributed by atoms with E-state index in [1.807, 2.05) is 0 Å². The van der Waals surface area contributed by atoms with Gasteiger partial charge in [-0.1, -0.05) is 12.1 Å². The van der Waals surface area contributed by atoms with Crippen LogP contribution < -0.4 is 5.32 Å². The van der Waals surface area contributed by atoms with E-state index in [4.69, 9.17) is 4.74 Å². The highest BCUT2D eigenvalue weighted by Gasteiger charge is 2.37. The number of ether oxygens (including phenoxy) is 1. The van der Waals surface area contributed by atoms with Crippen molar-refractivity contribution in [3.63, 3.8) is 0 Å². The van der Waals surface area contributed by atoms with E-state index in [-0.39, 0.29) is 29.6 Å². The Morgan fingerprint density at radius 3 is 2.73 bits per heavy atom. The van der Waals surface area contributed by atoms with E-state index in [0.29, 0.717) is 26.0 Å². The Morgan fingerprint density at radius 2 is 2.09 bits per heavy atom. The lowest BCUT2D eigenvalue weighted by molar-refractivity contribution is -0.143. The number of hydrogen-bond donors (Lipinski definition) is 1. The number of piperidine rings is 1. The number of likely N-dealkylation sites (tertiary alicyclic amines) is 1. The summed E-state index contributed by atoms with van der Waals surface area (Å²) in [5.41, 5.74) is 0.832. The van der Waals surface area contributed by atoms with Crippen LogP contribution in [0.25, 0.3) is 0 Å². The van der Waals surface area contributed by atoms with Crippen LogP contribution >= 0.6 is 0 Å². The topological polar surface area (TPSA) is 58.6 Å². The number of carbonyl (C=O) groups excluding carboxylic acids is 2. The maximum Gasteiger partial charge on any atom is 0.225 e. The molecule has 0 spiro atoms. The predicted octanol–water partition coefficient (Wildman–Crippen LogP) is 1.33. The van der Waals surface area contributed by atoms with Gasteiger partial charge < -0.3 is 15.0 Å². The van der Waals surface area contributed by atoms with Gasteiger partial charge >= 0.3 is 0 Å². The summed E-state index contributed by atoms with van der Waals surface area (Å²) in [4.78, 5) is 25.8. The second kappa shape index (κ2) is 7.35. The van der Waals surface area contributed by atoms with E-state index in [9.17, 15) is 14.0 Å². The predicted molar refractivity (Wildman–Crippen MR) is 79.4 cm³/mol. The number of carbonyl (C=O) groups is 2. The van der Waals surface area contributed by atoms with E-state index in [1.54, 1.807) is 31.2 Å². The molecule has 1 N–H and O–H groups in total. The van der Waals surface area contributed by atoms with Crippen LogP contribution in [0, 0.1) is 11.7 Å². The molecular weight excluding hydrogens is 287 g/mol. The van der Waals surface area contributed by atoms with Gasteiger partial charge in [0, 0.05) is 27.1 Å². The van der Waals surface area contributed by atoms with Crippen molar-refractivity contribution >= 4 is 11.8 Å². The highest BCUT2D eigenvalue weighted by molar-refractivity contribution is 5.84. The molecule has 2 amide bonds. The molecule has 5 nitrogen and oxygen atoms in total. The quantitative estimate of drug-likeness (QED) is 0.892. The van der Waals surface area contributed by atoms with Crippen molar-refractivity contribution in [1.29, 1.82) is 0 Å². The minimum atomic E-state index is -0.303. The summed E-state index contributed by atoms with van der Waals surface area (Å²) < 4.78 is 18.0. The molecule has 0 aliphatic carbocycles. The number of rotatable bonds is 5. The van der Waals surface area contributed by atoms with Gasteiger partial charge in [-0.25, -0.2) is 4.39 Å². The number of hydrogen-bond acceptors (Lipinski definition) is 3. The molecule has 1 aliphatic rings. The van der Waals surface area contributed by atoms with E-state index in [0.717, 1.165) is 5.56 Å². The van der Waals surface area contributed by atoms with E-state index < -0.39 is 0 Å². The molecule has 1 aromatic rings. The Labute approximate surface area is 129 Å². The van der Waals surface area contributed by atoms with Crippen molar-refractivity contribution < 1.29 is 18.7 Å². The van der Waals surface area contributed by atoms with Crippen LogP contribution in [0.3, 0.4) is 0 Å². The molecule has 0 aromatic heterocycles. The monoisotopic (exact) mass is 308 g/mol. The number of likely N-dealkylation sites (N-methyl/N-ethyl adjacent to an activating group) is 1. The van der Waals surface area contributed by atoms with Gasteiger partial charge in [-0.15, -0.1) is 0 Å². The van der Waals surface area contributed by atoms with Crippen molar-refractivity contribution in [2.75, 3.05) is 20.8 Å². The fourth-order valence-electron chi connectivity index (χ4n) is 2.73. The van der Waals surface area contributed by atoms with E-state index >= 15 is 0 Å². The molecule has 6 heteroatoms. The molecule has 0 bridgehead atoms. The average Bonchev–Trinajstić information content (AvgIpc) is 2.51. The second-order valence-electron chi connectivity index (χ2n) is 5.52. The first-order valence-corrected chi connectivity index (χ1v) is 7.29. The van der Waals surface area contributed by atoms with Gasteiger partial charge in [-0.2, -0.15) is 0 Å². The molecule has 0 radical (unpaired) electrons. The summed E-state index contributed by atoms with van der Waals surface area (Å²) in [6, 6.07) is 5.75. The zero-order valence-corrected chi connectivity index (χ0v) is 12.8. The van der Waals surface area contributed by atoms with Crippen molar-refractivity contribution in [2.24, 2.45) is 5.92 Å². The van der Waals surface area contributed by atoms with Crippen LogP contribution in [0.15, 0.2) is 24.3 Å². The second-order valence-corrected chi connectivity index (χ2v) is 5.52. The number of nitrogens with one attached hydrogen (secondary N) is 1. The highest BCUT2D eigenvalue weighted by atomic mass is 19.1. The van der Waals surface area contributed by atoms with Gasteiger partial charge in [0.2, 0.25) is 11.8 Å². The van der Waals surface area contributed by atoms with Crippen molar-refractivity contribution in [1.82, 2.24) is 10.2 Å². The lowest BCUT2D eigenvalue weighted by Crippen LogP contribution is -2.53. The van der Waals surface area contributed by atoms with E-state index in [2.05, 4.69) is 5.32 Å². The molecule has 1 heterocycles. The van der Waals surface area contributed by atoms with Crippen LogP contribution in [-0.2, 0) is 20.9 Å². The van der Waals surface area contributed by atoms with Gasteiger partial charge in [0.15, 0.2) is 0 Å². The lowest BCUT2D eigenvalue weighted by atomic mass is 9.88. The zero-order valence-electron chi connectivity index (χ0n) is 12.8. The average molecular weight is 308 g/mol. The summed E-state index contributed by atoms with van der Waals surface area (Å²) >= 11 is 0. The van der Waals surface area contributed by atoms with Gasteiger partial charge in [-0.05, 0) is 24.1 Å². The van der Waals surface area contributed by atoms with Crippen molar-refractivity contribution in [3.05, 3.63) is 35.6 Å². The Balaban J connectivity index is 1.97. The van der Waals surface area contributed by atoms with Crippen molar-refractivity contribution in [2.45, 2.75) is 25.4 Å². The van der Waals surface area contributed by atoms with Crippen LogP contribution in [0.4, 0.5) is 4.39 Å². The van der Waals surface area contributed by atoms with Crippen LogP contribution in [0.5, 0.6) is 0 Å². The maximum atomic E-state index is 12.9. The fourth-order valence-corrected chi connectivity index (χ4v) is 2.73. The molecule has 1 saturated heterocycles. The Kier molecular flexibility index (Phi) is 5.49.